The number of aromatic nitrogens is 5. The van der Waals surface area contributed by atoms with Gasteiger partial charge in [-0.05, 0) is 68.5 Å². The maximum Gasteiger partial charge on any atom is 0.316 e. The molecule has 0 radical (unpaired) electrons. The number of ether oxygens (including phenoxy) is 1. The first-order chi connectivity index (χ1) is 16.7. The zero-order valence-electron chi connectivity index (χ0n) is 19.3. The second-order valence-electron chi connectivity index (χ2n) is 8.85. The van der Waals surface area contributed by atoms with Crippen molar-refractivity contribution in [3.05, 3.63) is 59.4 Å². The molecule has 0 spiro atoms. The van der Waals surface area contributed by atoms with E-state index in [1.54, 1.807) is 37.0 Å². The molecule has 12 heteroatoms. The molecule has 2 aliphatic carbocycles. The number of esters is 1. The summed E-state index contributed by atoms with van der Waals surface area (Å²) in [6.45, 7) is 1.96. The minimum absolute atomic E-state index is 0.212. The van der Waals surface area contributed by atoms with E-state index in [9.17, 15) is 17.6 Å². The van der Waals surface area contributed by atoms with E-state index in [2.05, 4.69) is 19.9 Å². The lowest BCUT2D eigenvalue weighted by Gasteiger charge is -2.43. The minimum Gasteiger partial charge on any atom is -0.465 e. The number of hydrogen-bond acceptors (Lipinski definition) is 7. The number of halogens is 1. The van der Waals surface area contributed by atoms with Crippen molar-refractivity contribution in [2.75, 3.05) is 6.61 Å². The van der Waals surface area contributed by atoms with Crippen LogP contribution in [0.1, 0.15) is 37.4 Å². The Hall–Kier alpha value is -3.38. The molecule has 0 bridgehead atoms. The van der Waals surface area contributed by atoms with Gasteiger partial charge in [-0.15, -0.1) is 5.10 Å². The van der Waals surface area contributed by atoms with E-state index in [4.69, 9.17) is 4.74 Å². The number of nitrogens with one attached hydrogen (secondary N) is 1. The van der Waals surface area contributed by atoms with Crippen LogP contribution in [0, 0.1) is 11.2 Å². The van der Waals surface area contributed by atoms with Crippen LogP contribution in [-0.2, 0) is 33.0 Å². The van der Waals surface area contributed by atoms with Crippen LogP contribution in [0.2, 0.25) is 0 Å². The van der Waals surface area contributed by atoms with Crippen molar-refractivity contribution in [1.82, 2.24) is 29.3 Å². The molecule has 1 fully saturated rings. The molecule has 2 atom stereocenters. The summed E-state index contributed by atoms with van der Waals surface area (Å²) >= 11 is 0. The summed E-state index contributed by atoms with van der Waals surface area (Å²) in [5.41, 5.74) is 2.23. The lowest BCUT2D eigenvalue weighted by Crippen LogP contribution is -2.49. The van der Waals surface area contributed by atoms with Crippen LogP contribution < -0.4 is 4.72 Å². The molecule has 0 saturated heterocycles. The normalized spacial score (nSPS) is 21.7. The lowest BCUT2D eigenvalue weighted by atomic mass is 9.63. The van der Waals surface area contributed by atoms with Gasteiger partial charge in [0.05, 0.1) is 29.6 Å². The molecule has 2 heterocycles. The number of nitrogens with zero attached hydrogens (tertiary/aromatic N) is 5. The van der Waals surface area contributed by atoms with Crippen molar-refractivity contribution in [2.24, 2.45) is 12.5 Å². The SMILES string of the molecule is CCOC(=O)[C@]12Cc3cnn(-c4ccc(F)cc4)c3C=C1CC[C@H](NS(=O)(=O)c1ncn(C)n1)C2. The number of carbonyl (C=O) groups excluding carboxylic acids is 1. The van der Waals surface area contributed by atoms with Crippen LogP contribution in [0.3, 0.4) is 0 Å². The summed E-state index contributed by atoms with van der Waals surface area (Å²) in [6.07, 6.45) is 6.52. The third-order valence-electron chi connectivity index (χ3n) is 6.54. The number of hydrogen-bond donors (Lipinski definition) is 1. The highest BCUT2D eigenvalue weighted by atomic mass is 32.2. The Kier molecular flexibility index (Phi) is 5.80. The number of aryl methyl sites for hydroxylation is 1. The molecule has 0 unspecified atom stereocenters. The van der Waals surface area contributed by atoms with E-state index in [0.29, 0.717) is 24.9 Å². The topological polar surface area (TPSA) is 121 Å². The third kappa shape index (κ3) is 4.16. The molecule has 1 saturated carbocycles. The average Bonchev–Trinajstić information content (AvgIpc) is 3.44. The maximum absolute atomic E-state index is 13.4. The third-order valence-corrected chi connectivity index (χ3v) is 7.85. The molecule has 5 rings (SSSR count). The van der Waals surface area contributed by atoms with Crippen molar-refractivity contribution in [3.63, 3.8) is 0 Å². The van der Waals surface area contributed by atoms with Crippen LogP contribution in [-0.4, -0.2) is 51.6 Å². The zero-order valence-corrected chi connectivity index (χ0v) is 20.1. The Morgan fingerprint density at radius 2 is 2.09 bits per heavy atom. The highest BCUT2D eigenvalue weighted by Gasteiger charge is 2.50. The monoisotopic (exact) mass is 500 g/mol. The molecule has 2 aliphatic rings. The summed E-state index contributed by atoms with van der Waals surface area (Å²) < 4.78 is 50.3. The summed E-state index contributed by atoms with van der Waals surface area (Å²) in [5.74, 6) is -0.720. The fourth-order valence-corrected chi connectivity index (χ4v) is 6.12. The number of benzene rings is 1. The second-order valence-corrected chi connectivity index (χ2v) is 10.5. The van der Waals surface area contributed by atoms with Crippen LogP contribution in [0.4, 0.5) is 4.39 Å². The standard InChI is InChI=1S/C23H25FN6O4S/c1-3-34-21(31)23-11-15-13-26-30(19-8-5-17(24)6-9-19)20(15)10-16(23)4-7-18(12-23)28-35(32,33)22-25-14-29(2)27-22/h5-6,8-10,13-14,18,28H,3-4,7,11-12H2,1-2H3/t18-,23-/m0/s1. The highest BCUT2D eigenvalue weighted by Crippen LogP contribution is 2.49. The summed E-state index contributed by atoms with van der Waals surface area (Å²) in [4.78, 5) is 17.2. The summed E-state index contributed by atoms with van der Waals surface area (Å²) in [7, 11) is -2.36. The zero-order chi connectivity index (χ0) is 24.8. The Morgan fingerprint density at radius 1 is 1.31 bits per heavy atom. The second kappa shape index (κ2) is 8.68. The predicted octanol–water partition coefficient (Wildman–Crippen LogP) is 2.16. The molecular formula is C23H25FN6O4S. The predicted molar refractivity (Wildman–Crippen MR) is 123 cm³/mol. The number of sulfonamides is 1. The largest absolute Gasteiger partial charge is 0.465 e. The van der Waals surface area contributed by atoms with Crippen LogP contribution in [0.25, 0.3) is 11.8 Å². The molecule has 1 aromatic carbocycles. The Balaban J connectivity index is 1.48. The van der Waals surface area contributed by atoms with Crippen molar-refractivity contribution in [3.8, 4) is 5.69 Å². The van der Waals surface area contributed by atoms with E-state index >= 15 is 0 Å². The van der Waals surface area contributed by atoms with Crippen molar-refractivity contribution >= 4 is 22.1 Å². The molecule has 184 valence electrons. The van der Waals surface area contributed by atoms with Crippen LogP contribution in [0.15, 0.2) is 47.5 Å². The van der Waals surface area contributed by atoms with Gasteiger partial charge in [-0.2, -0.15) is 5.10 Å². The fraction of sp³-hybridized carbons (Fsp3) is 0.391. The van der Waals surface area contributed by atoms with E-state index in [-0.39, 0.29) is 30.0 Å². The Labute approximate surface area is 201 Å². The Bertz CT molecular complexity index is 1410. The van der Waals surface area contributed by atoms with E-state index < -0.39 is 21.5 Å². The van der Waals surface area contributed by atoms with Gasteiger partial charge in [-0.1, -0.05) is 5.57 Å². The molecule has 35 heavy (non-hydrogen) atoms. The van der Waals surface area contributed by atoms with Crippen LogP contribution in [0.5, 0.6) is 0 Å². The molecular weight excluding hydrogens is 475 g/mol. The van der Waals surface area contributed by atoms with E-state index in [1.165, 1.54) is 23.1 Å². The first kappa shape index (κ1) is 23.4. The molecule has 1 N–H and O–H groups in total. The van der Waals surface area contributed by atoms with Gasteiger partial charge in [0.25, 0.3) is 15.2 Å². The van der Waals surface area contributed by atoms with Crippen molar-refractivity contribution < 1.29 is 22.3 Å². The molecule has 0 aliphatic heterocycles. The van der Waals surface area contributed by atoms with Gasteiger partial charge in [0.2, 0.25) is 0 Å². The van der Waals surface area contributed by atoms with Gasteiger partial charge >= 0.3 is 5.97 Å². The lowest BCUT2D eigenvalue weighted by molar-refractivity contribution is -0.154. The van der Waals surface area contributed by atoms with Gasteiger partial charge in [-0.3, -0.25) is 9.48 Å². The maximum atomic E-state index is 13.4. The van der Waals surface area contributed by atoms with Crippen LogP contribution >= 0.6 is 0 Å². The van der Waals surface area contributed by atoms with Gasteiger partial charge in [0.1, 0.15) is 12.1 Å². The number of carbonyl (C=O) groups is 1. The van der Waals surface area contributed by atoms with E-state index in [1.807, 2.05) is 6.08 Å². The first-order valence-corrected chi connectivity index (χ1v) is 12.8. The van der Waals surface area contributed by atoms with Gasteiger partial charge in [0, 0.05) is 13.1 Å². The molecule has 3 aromatic rings. The minimum atomic E-state index is -3.95. The molecule has 2 aromatic heterocycles. The van der Waals surface area contributed by atoms with E-state index in [0.717, 1.165) is 16.8 Å². The first-order valence-electron chi connectivity index (χ1n) is 11.3. The Morgan fingerprint density at radius 3 is 2.77 bits per heavy atom. The van der Waals surface area contributed by atoms with Gasteiger partial charge < -0.3 is 4.74 Å². The van der Waals surface area contributed by atoms with Gasteiger partial charge in [-0.25, -0.2) is 27.2 Å². The number of rotatable bonds is 6. The van der Waals surface area contributed by atoms with Crippen molar-refractivity contribution in [1.29, 1.82) is 0 Å². The smallest absolute Gasteiger partial charge is 0.316 e. The highest BCUT2D eigenvalue weighted by molar-refractivity contribution is 7.89. The van der Waals surface area contributed by atoms with Crippen molar-refractivity contribution in [2.45, 2.75) is 43.8 Å². The number of fused-ring (bicyclic) bond motifs is 2. The average molecular weight is 501 g/mol. The van der Waals surface area contributed by atoms with Gasteiger partial charge in [0.15, 0.2) is 0 Å². The quantitative estimate of drug-likeness (QED) is 0.515. The summed E-state index contributed by atoms with van der Waals surface area (Å²) in [5, 5.41) is 8.07. The fourth-order valence-electron chi connectivity index (χ4n) is 4.95. The molecule has 0 amide bonds. The molecule has 10 nitrogen and oxygen atoms in total. The summed E-state index contributed by atoms with van der Waals surface area (Å²) in [6, 6.07) is 5.53.